The normalized spacial score (nSPS) is 19.0. The third-order valence-electron chi connectivity index (χ3n) is 3.86. The minimum absolute atomic E-state index is 0.0776. The minimum atomic E-state index is -0.458. The second kappa shape index (κ2) is 7.28. The van der Waals surface area contributed by atoms with Crippen LogP contribution in [-0.4, -0.2) is 48.2 Å². The lowest BCUT2D eigenvalue weighted by molar-refractivity contribution is -0.132. The van der Waals surface area contributed by atoms with Gasteiger partial charge in [0.1, 0.15) is 0 Å². The van der Waals surface area contributed by atoms with Gasteiger partial charge in [0.15, 0.2) is 11.5 Å². The van der Waals surface area contributed by atoms with E-state index in [4.69, 9.17) is 9.47 Å². The third kappa shape index (κ3) is 3.71. The summed E-state index contributed by atoms with van der Waals surface area (Å²) < 4.78 is 10.2. The van der Waals surface area contributed by atoms with Gasteiger partial charge in [-0.05, 0) is 31.5 Å². The van der Waals surface area contributed by atoms with E-state index in [2.05, 4.69) is 0 Å². The van der Waals surface area contributed by atoms with Crippen LogP contribution in [0.15, 0.2) is 29.8 Å². The fraction of sp³-hybridized carbons (Fsp3) is 0.412. The first-order valence-corrected chi connectivity index (χ1v) is 7.42. The van der Waals surface area contributed by atoms with Crippen molar-refractivity contribution in [3.8, 4) is 11.5 Å². The Kier molecular flexibility index (Phi) is 5.39. The van der Waals surface area contributed by atoms with Gasteiger partial charge in [-0.15, -0.1) is 0 Å². The highest BCUT2D eigenvalue weighted by Crippen LogP contribution is 2.30. The maximum atomic E-state index is 12.7. The van der Waals surface area contributed by atoms with Crippen molar-refractivity contribution in [3.63, 3.8) is 0 Å². The maximum absolute atomic E-state index is 12.7. The number of amides is 1. The maximum Gasteiger partial charge on any atom is 0.308 e. The van der Waals surface area contributed by atoms with Crippen LogP contribution in [0.25, 0.3) is 0 Å². The summed E-state index contributed by atoms with van der Waals surface area (Å²) in [4.78, 5) is 25.4. The molecule has 1 heterocycles. The fourth-order valence-corrected chi connectivity index (χ4v) is 2.64. The molecule has 6 heteroatoms. The van der Waals surface area contributed by atoms with Crippen LogP contribution in [0, 0.1) is 0 Å². The number of benzene rings is 1. The first-order valence-electron chi connectivity index (χ1n) is 7.42. The van der Waals surface area contributed by atoms with Crippen LogP contribution in [0.4, 0.5) is 0 Å². The molecule has 0 radical (unpaired) electrons. The lowest BCUT2D eigenvalue weighted by Gasteiger charge is -2.23. The van der Waals surface area contributed by atoms with E-state index in [9.17, 15) is 14.7 Å². The van der Waals surface area contributed by atoms with Crippen LogP contribution >= 0.6 is 0 Å². The Labute approximate surface area is 135 Å². The zero-order valence-electron chi connectivity index (χ0n) is 13.5. The van der Waals surface area contributed by atoms with Crippen LogP contribution in [0.2, 0.25) is 0 Å². The Morgan fingerprint density at radius 1 is 1.39 bits per heavy atom. The van der Waals surface area contributed by atoms with Crippen molar-refractivity contribution in [2.75, 3.05) is 20.3 Å². The highest BCUT2D eigenvalue weighted by atomic mass is 16.6. The molecule has 0 aromatic heterocycles. The molecule has 1 N–H and O–H groups in total. The zero-order chi connectivity index (χ0) is 17.0. The van der Waals surface area contributed by atoms with Crippen LogP contribution in [0.3, 0.4) is 0 Å². The van der Waals surface area contributed by atoms with E-state index in [1.54, 1.807) is 17.0 Å². The number of hydrogen-bond acceptors (Lipinski definition) is 5. The molecule has 1 aliphatic rings. The van der Waals surface area contributed by atoms with Crippen LogP contribution in [0.1, 0.15) is 30.6 Å². The fourth-order valence-electron chi connectivity index (χ4n) is 2.64. The van der Waals surface area contributed by atoms with Gasteiger partial charge in [0.25, 0.3) is 5.91 Å². The zero-order valence-corrected chi connectivity index (χ0v) is 13.5. The summed E-state index contributed by atoms with van der Waals surface area (Å²) in [5.74, 6) is -0.0589. The molecule has 1 aliphatic heterocycles. The molecule has 1 amide bonds. The number of allylic oxidation sites excluding steroid dienone is 1. The van der Waals surface area contributed by atoms with Gasteiger partial charge in [-0.25, -0.2) is 0 Å². The van der Waals surface area contributed by atoms with Gasteiger partial charge >= 0.3 is 5.97 Å². The van der Waals surface area contributed by atoms with Gasteiger partial charge in [0.2, 0.25) is 0 Å². The Balaban J connectivity index is 2.27. The average molecular weight is 319 g/mol. The van der Waals surface area contributed by atoms with Gasteiger partial charge < -0.3 is 19.5 Å². The first-order chi connectivity index (χ1) is 11.0. The van der Waals surface area contributed by atoms with E-state index >= 15 is 0 Å². The highest BCUT2D eigenvalue weighted by Gasteiger charge is 2.31. The predicted molar refractivity (Wildman–Crippen MR) is 84.6 cm³/mol. The summed E-state index contributed by atoms with van der Waals surface area (Å²) in [6.45, 7) is 3.65. The van der Waals surface area contributed by atoms with E-state index in [0.29, 0.717) is 24.3 Å². The number of esters is 1. The van der Waals surface area contributed by atoms with E-state index in [1.165, 1.54) is 20.1 Å². The number of carbonyl (C=O) groups excluding carboxylic acids is 2. The second-order valence-electron chi connectivity index (χ2n) is 5.38. The number of rotatable bonds is 4. The smallest absolute Gasteiger partial charge is 0.308 e. The van der Waals surface area contributed by atoms with Crippen molar-refractivity contribution in [1.29, 1.82) is 0 Å². The van der Waals surface area contributed by atoms with Gasteiger partial charge in [0, 0.05) is 19.0 Å². The third-order valence-corrected chi connectivity index (χ3v) is 3.86. The van der Waals surface area contributed by atoms with Gasteiger partial charge in [-0.1, -0.05) is 11.6 Å². The quantitative estimate of drug-likeness (QED) is 0.520. The number of likely N-dealkylation sites (tertiary alicyclic amines) is 1. The summed E-state index contributed by atoms with van der Waals surface area (Å²) in [6.07, 6.45) is 2.65. The molecular weight excluding hydrogens is 298 g/mol. The molecule has 1 atom stereocenters. The van der Waals surface area contributed by atoms with Crippen molar-refractivity contribution in [3.05, 3.63) is 35.4 Å². The first kappa shape index (κ1) is 17.0. The number of aliphatic hydroxyl groups is 1. The summed E-state index contributed by atoms with van der Waals surface area (Å²) in [6, 6.07) is 4.45. The number of ether oxygens (including phenoxy) is 2. The second-order valence-corrected chi connectivity index (χ2v) is 5.38. The topological polar surface area (TPSA) is 76.1 Å². The lowest BCUT2D eigenvalue weighted by Crippen LogP contribution is -2.37. The van der Waals surface area contributed by atoms with E-state index < -0.39 is 5.97 Å². The summed E-state index contributed by atoms with van der Waals surface area (Å²) in [7, 11) is 1.45. The van der Waals surface area contributed by atoms with Crippen molar-refractivity contribution in [1.82, 2.24) is 4.90 Å². The Morgan fingerprint density at radius 2 is 2.13 bits per heavy atom. The highest BCUT2D eigenvalue weighted by molar-refractivity contribution is 5.95. The van der Waals surface area contributed by atoms with E-state index in [-0.39, 0.29) is 24.3 Å². The largest absolute Gasteiger partial charge is 0.493 e. The summed E-state index contributed by atoms with van der Waals surface area (Å²) >= 11 is 0. The summed E-state index contributed by atoms with van der Waals surface area (Å²) in [5.41, 5.74) is 1.55. The number of hydrogen-bond donors (Lipinski definition) is 1. The van der Waals surface area contributed by atoms with Crippen LogP contribution < -0.4 is 9.47 Å². The Morgan fingerprint density at radius 3 is 2.70 bits per heavy atom. The average Bonchev–Trinajstić information content (AvgIpc) is 2.97. The van der Waals surface area contributed by atoms with Crippen molar-refractivity contribution in [2.45, 2.75) is 26.3 Å². The molecule has 0 saturated carbocycles. The van der Waals surface area contributed by atoms with Gasteiger partial charge in [0.05, 0.1) is 19.8 Å². The molecule has 1 unspecified atom stereocenters. The number of aliphatic hydroxyl groups excluding tert-OH is 1. The van der Waals surface area contributed by atoms with Crippen molar-refractivity contribution in [2.24, 2.45) is 0 Å². The predicted octanol–water partition coefficient (Wildman–Crippen LogP) is 1.77. The van der Waals surface area contributed by atoms with Crippen LogP contribution in [0.5, 0.6) is 11.5 Å². The number of carbonyl (C=O) groups is 2. The standard InChI is InChI=1S/C17H21NO5/c1-4-12-7-14(10-19)18(9-12)17(21)13-5-6-15(23-11(2)20)16(8-13)22-3/h4-6,8,14,19H,7,9-10H2,1-3H3/b12-4+. The Hall–Kier alpha value is -2.34. The van der Waals surface area contributed by atoms with Crippen molar-refractivity contribution < 1.29 is 24.2 Å². The molecule has 1 saturated heterocycles. The van der Waals surface area contributed by atoms with Gasteiger partial charge in [-0.2, -0.15) is 0 Å². The van der Waals surface area contributed by atoms with E-state index in [1.807, 2.05) is 13.0 Å². The molecule has 23 heavy (non-hydrogen) atoms. The van der Waals surface area contributed by atoms with E-state index in [0.717, 1.165) is 5.57 Å². The van der Waals surface area contributed by atoms with Gasteiger partial charge in [-0.3, -0.25) is 9.59 Å². The molecule has 1 fully saturated rings. The van der Waals surface area contributed by atoms with Crippen molar-refractivity contribution >= 4 is 11.9 Å². The van der Waals surface area contributed by atoms with Crippen LogP contribution in [-0.2, 0) is 4.79 Å². The monoisotopic (exact) mass is 319 g/mol. The molecular formula is C17H21NO5. The summed E-state index contributed by atoms with van der Waals surface area (Å²) in [5, 5.41) is 9.49. The minimum Gasteiger partial charge on any atom is -0.493 e. The molecule has 0 spiro atoms. The molecule has 6 nitrogen and oxygen atoms in total. The molecule has 0 aliphatic carbocycles. The molecule has 2 rings (SSSR count). The molecule has 1 aromatic carbocycles. The molecule has 124 valence electrons. The molecule has 1 aromatic rings. The lowest BCUT2D eigenvalue weighted by atomic mass is 10.1. The Bertz CT molecular complexity index is 638. The molecule has 0 bridgehead atoms. The SMILES string of the molecule is C/C=C1\CC(CO)N(C(=O)c2ccc(OC(C)=O)c(OC)c2)C1. The number of nitrogens with zero attached hydrogens (tertiary/aromatic N) is 1. The number of methoxy groups -OCH3 is 1.